The molecule has 0 aromatic carbocycles. The molecular weight excluding hydrogens is 162 g/mol. The molecule has 0 amide bonds. The summed E-state index contributed by atoms with van der Waals surface area (Å²) in [4.78, 5) is 10.4. The van der Waals surface area contributed by atoms with E-state index in [4.69, 9.17) is 10.8 Å². The predicted molar refractivity (Wildman–Crippen MR) is 47.0 cm³/mol. The van der Waals surface area contributed by atoms with E-state index in [1.54, 1.807) is 11.4 Å². The van der Waals surface area contributed by atoms with Crippen LogP contribution in [0.5, 0.6) is 0 Å². The van der Waals surface area contributed by atoms with Gasteiger partial charge in [0.25, 0.3) is 0 Å². The van der Waals surface area contributed by atoms with Crippen LogP contribution in [0.1, 0.15) is 23.5 Å². The van der Waals surface area contributed by atoms with Crippen molar-refractivity contribution >= 4 is 23.0 Å². The van der Waals surface area contributed by atoms with E-state index in [0.29, 0.717) is 5.69 Å². The summed E-state index contributed by atoms with van der Waals surface area (Å²) in [6.45, 7) is 4.00. The van der Waals surface area contributed by atoms with E-state index in [9.17, 15) is 4.79 Å². The van der Waals surface area contributed by atoms with Gasteiger partial charge in [0.2, 0.25) is 0 Å². The molecule has 0 aliphatic rings. The molecule has 0 unspecified atom stereocenters. The summed E-state index contributed by atoms with van der Waals surface area (Å²) < 4.78 is 0. The molecule has 0 spiro atoms. The second kappa shape index (κ2) is 4.73. The van der Waals surface area contributed by atoms with Gasteiger partial charge in [0.05, 0.1) is 5.69 Å². The quantitative estimate of drug-likeness (QED) is 0.683. The highest BCUT2D eigenvalue weighted by Crippen LogP contribution is 2.17. The number of anilines is 1. The largest absolute Gasteiger partial charge is 0.477 e. The molecule has 0 saturated heterocycles. The van der Waals surface area contributed by atoms with Gasteiger partial charge in [0.1, 0.15) is 4.88 Å². The van der Waals surface area contributed by atoms with Crippen molar-refractivity contribution in [1.82, 2.24) is 0 Å². The Morgan fingerprint density at radius 3 is 2.36 bits per heavy atom. The van der Waals surface area contributed by atoms with Crippen LogP contribution in [0.3, 0.4) is 0 Å². The Hall–Kier alpha value is -1.03. The fraction of sp³-hybridized carbons (Fsp3) is 0.286. The Morgan fingerprint density at radius 2 is 2.18 bits per heavy atom. The average Bonchev–Trinajstić information content (AvgIpc) is 2.39. The molecule has 62 valence electrons. The van der Waals surface area contributed by atoms with Gasteiger partial charge in [0.15, 0.2) is 0 Å². The number of carboxylic acids is 1. The summed E-state index contributed by atoms with van der Waals surface area (Å²) in [5.74, 6) is -0.956. The second-order valence-corrected chi connectivity index (χ2v) is 2.43. The van der Waals surface area contributed by atoms with Crippen LogP contribution in [0.2, 0.25) is 0 Å². The highest BCUT2D eigenvalue weighted by molar-refractivity contribution is 7.12. The average molecular weight is 173 g/mol. The number of nitrogens with two attached hydrogens (primary N) is 1. The van der Waals surface area contributed by atoms with Crippen molar-refractivity contribution < 1.29 is 9.90 Å². The number of thiophene rings is 1. The number of nitrogen functional groups attached to an aromatic ring is 1. The van der Waals surface area contributed by atoms with E-state index < -0.39 is 5.97 Å². The van der Waals surface area contributed by atoms with Gasteiger partial charge in [-0.15, -0.1) is 11.3 Å². The van der Waals surface area contributed by atoms with Crippen LogP contribution in [0.25, 0.3) is 0 Å². The lowest BCUT2D eigenvalue weighted by molar-refractivity contribution is 0.0703. The molecule has 4 heteroatoms. The first-order valence-electron chi connectivity index (χ1n) is 3.28. The molecular formula is C7H11NO2S. The van der Waals surface area contributed by atoms with Crippen LogP contribution >= 0.6 is 11.3 Å². The summed E-state index contributed by atoms with van der Waals surface area (Å²) in [5, 5.41) is 10.0. The highest BCUT2D eigenvalue weighted by Gasteiger charge is 2.06. The van der Waals surface area contributed by atoms with Crippen LogP contribution < -0.4 is 5.73 Å². The normalized spacial score (nSPS) is 8.18. The van der Waals surface area contributed by atoms with E-state index in [1.165, 1.54) is 0 Å². The number of hydrogen-bond acceptors (Lipinski definition) is 3. The Labute approximate surface area is 69.5 Å². The van der Waals surface area contributed by atoms with Crippen molar-refractivity contribution in [3.8, 4) is 0 Å². The zero-order chi connectivity index (χ0) is 8.85. The Balaban J connectivity index is 0.000000461. The van der Waals surface area contributed by atoms with Crippen LogP contribution in [0, 0.1) is 0 Å². The van der Waals surface area contributed by atoms with Crippen LogP contribution in [0.15, 0.2) is 11.4 Å². The van der Waals surface area contributed by atoms with Gasteiger partial charge in [0, 0.05) is 0 Å². The summed E-state index contributed by atoms with van der Waals surface area (Å²) >= 11 is 1.13. The lowest BCUT2D eigenvalue weighted by Crippen LogP contribution is -1.96. The summed E-state index contributed by atoms with van der Waals surface area (Å²) in [7, 11) is 0. The van der Waals surface area contributed by atoms with Gasteiger partial charge in [-0.2, -0.15) is 0 Å². The minimum Gasteiger partial charge on any atom is -0.477 e. The molecule has 0 bridgehead atoms. The van der Waals surface area contributed by atoms with Crippen molar-refractivity contribution in [3.63, 3.8) is 0 Å². The third-order valence-electron chi connectivity index (χ3n) is 0.890. The molecule has 3 N–H and O–H groups in total. The molecule has 1 heterocycles. The number of carbonyl (C=O) groups is 1. The fourth-order valence-electron chi connectivity index (χ4n) is 0.493. The maximum Gasteiger partial charge on any atom is 0.348 e. The Kier molecular flexibility index (Phi) is 4.29. The van der Waals surface area contributed by atoms with E-state index in [0.717, 1.165) is 11.3 Å². The second-order valence-electron chi connectivity index (χ2n) is 1.51. The molecule has 11 heavy (non-hydrogen) atoms. The maximum atomic E-state index is 10.2. The zero-order valence-electron chi connectivity index (χ0n) is 6.50. The lowest BCUT2D eigenvalue weighted by atomic mass is 10.4. The molecule has 0 aliphatic carbocycles. The fourth-order valence-corrected chi connectivity index (χ4v) is 1.15. The zero-order valence-corrected chi connectivity index (χ0v) is 7.31. The molecule has 0 aliphatic heterocycles. The number of carboxylic acid groups (broad SMARTS) is 1. The van der Waals surface area contributed by atoms with Crippen molar-refractivity contribution in [2.45, 2.75) is 13.8 Å². The SMILES string of the molecule is CC.Nc1ccsc1C(=O)O. The highest BCUT2D eigenvalue weighted by atomic mass is 32.1. The molecule has 0 atom stereocenters. The van der Waals surface area contributed by atoms with Crippen molar-refractivity contribution in [2.75, 3.05) is 5.73 Å². The monoisotopic (exact) mass is 173 g/mol. The Morgan fingerprint density at radius 1 is 1.64 bits per heavy atom. The first kappa shape index (κ1) is 9.97. The standard InChI is InChI=1S/C5H5NO2S.C2H6/c6-3-1-2-9-4(3)5(7)8;1-2/h1-2H,6H2,(H,7,8);1-2H3. The van der Waals surface area contributed by atoms with Gasteiger partial charge >= 0.3 is 5.97 Å². The van der Waals surface area contributed by atoms with Gasteiger partial charge in [-0.1, -0.05) is 13.8 Å². The number of hydrogen-bond donors (Lipinski definition) is 2. The molecule has 0 fully saturated rings. The van der Waals surface area contributed by atoms with Gasteiger partial charge < -0.3 is 10.8 Å². The first-order chi connectivity index (χ1) is 5.22. The number of aromatic carboxylic acids is 1. The third kappa shape index (κ3) is 2.59. The maximum absolute atomic E-state index is 10.2. The van der Waals surface area contributed by atoms with Gasteiger partial charge in [-0.3, -0.25) is 0 Å². The van der Waals surface area contributed by atoms with Crippen molar-refractivity contribution in [3.05, 3.63) is 16.3 Å². The van der Waals surface area contributed by atoms with Gasteiger partial charge in [-0.05, 0) is 11.4 Å². The van der Waals surface area contributed by atoms with E-state index >= 15 is 0 Å². The van der Waals surface area contributed by atoms with Gasteiger partial charge in [-0.25, -0.2) is 4.79 Å². The van der Waals surface area contributed by atoms with E-state index in [1.807, 2.05) is 13.8 Å². The van der Waals surface area contributed by atoms with E-state index in [2.05, 4.69) is 0 Å². The third-order valence-corrected chi connectivity index (χ3v) is 1.81. The molecule has 0 radical (unpaired) electrons. The number of rotatable bonds is 1. The molecule has 3 nitrogen and oxygen atoms in total. The van der Waals surface area contributed by atoms with Crippen molar-refractivity contribution in [1.29, 1.82) is 0 Å². The van der Waals surface area contributed by atoms with Crippen LogP contribution in [0.4, 0.5) is 5.69 Å². The molecule has 1 rings (SSSR count). The molecule has 1 aromatic heterocycles. The summed E-state index contributed by atoms with van der Waals surface area (Å²) in [6.07, 6.45) is 0. The first-order valence-corrected chi connectivity index (χ1v) is 4.16. The van der Waals surface area contributed by atoms with E-state index in [-0.39, 0.29) is 4.88 Å². The minimum atomic E-state index is -0.956. The minimum absolute atomic E-state index is 0.218. The molecule has 0 saturated carbocycles. The Bertz CT molecular complexity index is 232. The summed E-state index contributed by atoms with van der Waals surface area (Å²) in [6, 6.07) is 1.58. The summed E-state index contributed by atoms with van der Waals surface area (Å²) in [5.41, 5.74) is 5.61. The van der Waals surface area contributed by atoms with Crippen molar-refractivity contribution in [2.24, 2.45) is 0 Å². The molecule has 1 aromatic rings. The predicted octanol–water partition coefficient (Wildman–Crippen LogP) is 2.05. The smallest absolute Gasteiger partial charge is 0.348 e. The van der Waals surface area contributed by atoms with Crippen LogP contribution in [-0.4, -0.2) is 11.1 Å². The topological polar surface area (TPSA) is 63.3 Å². The van der Waals surface area contributed by atoms with Crippen LogP contribution in [-0.2, 0) is 0 Å². The lowest BCUT2D eigenvalue weighted by Gasteiger charge is -1.86.